The average Bonchev–Trinajstić information content (AvgIpc) is 2.94. The Morgan fingerprint density at radius 2 is 2.24 bits per heavy atom. The highest BCUT2D eigenvalue weighted by atomic mass is 32.1. The van der Waals surface area contributed by atoms with Crippen molar-refractivity contribution >= 4 is 11.3 Å². The van der Waals surface area contributed by atoms with Crippen molar-refractivity contribution in [3.8, 4) is 10.6 Å². The summed E-state index contributed by atoms with van der Waals surface area (Å²) in [6.07, 6.45) is 6.91. The number of hydrogen-bond acceptors (Lipinski definition) is 4. The first-order valence-corrected chi connectivity index (χ1v) is 6.73. The van der Waals surface area contributed by atoms with Crippen LogP contribution < -0.4 is 5.73 Å². The van der Waals surface area contributed by atoms with Crippen LogP contribution in [0.4, 0.5) is 0 Å². The van der Waals surface area contributed by atoms with Crippen LogP contribution in [0.3, 0.4) is 0 Å². The maximum atomic E-state index is 6.17. The molecule has 0 radical (unpaired) electrons. The van der Waals surface area contributed by atoms with E-state index < -0.39 is 0 Å². The van der Waals surface area contributed by atoms with Gasteiger partial charge in [0, 0.05) is 28.5 Å². The number of pyridine rings is 1. The molecular formula is C13H15N3S. The molecule has 1 aliphatic carbocycles. The molecule has 0 saturated heterocycles. The zero-order valence-electron chi connectivity index (χ0n) is 9.81. The Hall–Kier alpha value is -1.26. The number of aromatic nitrogens is 2. The monoisotopic (exact) mass is 245 g/mol. The maximum Gasteiger partial charge on any atom is 0.123 e. The quantitative estimate of drug-likeness (QED) is 0.904. The lowest BCUT2D eigenvalue weighted by molar-refractivity contribution is 0.756. The lowest BCUT2D eigenvalue weighted by atomic mass is 10.2. The Bertz CT molecular complexity index is 543. The van der Waals surface area contributed by atoms with E-state index in [-0.39, 0.29) is 5.54 Å². The third kappa shape index (κ3) is 1.98. The Labute approximate surface area is 105 Å². The number of thiazole rings is 1. The number of aryl methyl sites for hydroxylation is 1. The van der Waals surface area contributed by atoms with Gasteiger partial charge in [0.25, 0.3) is 0 Å². The third-order valence-electron chi connectivity index (χ3n) is 3.21. The highest BCUT2D eigenvalue weighted by molar-refractivity contribution is 7.15. The standard InChI is InChI=1S/C13H15N3S/c1-2-10-7-9(3-6-15-10)12-16-8-11(17-12)13(14)4-5-13/h3,6-8H,2,4-5,14H2,1H3. The first-order chi connectivity index (χ1) is 8.21. The van der Waals surface area contributed by atoms with Crippen molar-refractivity contribution in [3.63, 3.8) is 0 Å². The molecule has 3 rings (SSSR count). The molecule has 2 aromatic heterocycles. The Morgan fingerprint density at radius 1 is 1.41 bits per heavy atom. The van der Waals surface area contributed by atoms with Crippen molar-refractivity contribution in [1.82, 2.24) is 9.97 Å². The van der Waals surface area contributed by atoms with Crippen molar-refractivity contribution < 1.29 is 0 Å². The molecule has 1 fully saturated rings. The van der Waals surface area contributed by atoms with E-state index in [9.17, 15) is 0 Å². The van der Waals surface area contributed by atoms with Crippen molar-refractivity contribution in [1.29, 1.82) is 0 Å². The van der Waals surface area contributed by atoms with Gasteiger partial charge in [0.1, 0.15) is 5.01 Å². The third-order valence-corrected chi connectivity index (χ3v) is 4.48. The summed E-state index contributed by atoms with van der Waals surface area (Å²) in [4.78, 5) is 9.99. The van der Waals surface area contributed by atoms with Gasteiger partial charge in [-0.1, -0.05) is 6.92 Å². The minimum absolute atomic E-state index is 0.0729. The van der Waals surface area contributed by atoms with E-state index in [0.29, 0.717) is 0 Å². The van der Waals surface area contributed by atoms with Gasteiger partial charge in [-0.3, -0.25) is 4.98 Å². The highest BCUT2D eigenvalue weighted by Crippen LogP contribution is 2.46. The number of hydrogen-bond donors (Lipinski definition) is 1. The van der Waals surface area contributed by atoms with Gasteiger partial charge in [-0.25, -0.2) is 4.98 Å². The average molecular weight is 245 g/mol. The molecular weight excluding hydrogens is 230 g/mol. The van der Waals surface area contributed by atoms with Crippen molar-refractivity contribution in [2.45, 2.75) is 31.7 Å². The maximum absolute atomic E-state index is 6.17. The topological polar surface area (TPSA) is 51.8 Å². The second kappa shape index (κ2) is 3.89. The Morgan fingerprint density at radius 3 is 2.94 bits per heavy atom. The molecule has 2 heterocycles. The van der Waals surface area contributed by atoms with E-state index in [4.69, 9.17) is 5.73 Å². The van der Waals surface area contributed by atoms with Crippen LogP contribution in [0.5, 0.6) is 0 Å². The molecule has 0 aromatic carbocycles. The zero-order valence-corrected chi connectivity index (χ0v) is 10.6. The molecule has 1 aliphatic rings. The number of nitrogens with two attached hydrogens (primary N) is 1. The summed E-state index contributed by atoms with van der Waals surface area (Å²) in [7, 11) is 0. The largest absolute Gasteiger partial charge is 0.321 e. The van der Waals surface area contributed by atoms with Gasteiger partial charge in [0.05, 0.1) is 5.54 Å². The van der Waals surface area contributed by atoms with E-state index in [1.54, 1.807) is 11.3 Å². The summed E-state index contributed by atoms with van der Waals surface area (Å²) in [5.41, 5.74) is 8.36. The first-order valence-electron chi connectivity index (χ1n) is 5.92. The second-order valence-electron chi connectivity index (χ2n) is 4.58. The fourth-order valence-corrected chi connectivity index (χ4v) is 2.89. The number of nitrogens with zero attached hydrogens (tertiary/aromatic N) is 2. The molecule has 3 nitrogen and oxygen atoms in total. The molecule has 0 spiro atoms. The molecule has 2 N–H and O–H groups in total. The van der Waals surface area contributed by atoms with E-state index >= 15 is 0 Å². The normalized spacial score (nSPS) is 17.1. The van der Waals surface area contributed by atoms with E-state index in [2.05, 4.69) is 23.0 Å². The van der Waals surface area contributed by atoms with Crippen LogP contribution in [-0.4, -0.2) is 9.97 Å². The minimum Gasteiger partial charge on any atom is -0.321 e. The van der Waals surface area contributed by atoms with Crippen LogP contribution >= 0.6 is 11.3 Å². The molecule has 0 unspecified atom stereocenters. The summed E-state index contributed by atoms with van der Waals surface area (Å²) in [5, 5.41) is 1.05. The van der Waals surface area contributed by atoms with Crippen molar-refractivity contribution in [3.05, 3.63) is 35.1 Å². The molecule has 88 valence electrons. The van der Waals surface area contributed by atoms with Crippen molar-refractivity contribution in [2.75, 3.05) is 0 Å². The van der Waals surface area contributed by atoms with E-state index in [0.717, 1.165) is 35.5 Å². The summed E-state index contributed by atoms with van der Waals surface area (Å²) in [6, 6.07) is 4.12. The molecule has 2 aromatic rings. The van der Waals surface area contributed by atoms with Crippen LogP contribution in [0.2, 0.25) is 0 Å². The molecule has 0 amide bonds. The van der Waals surface area contributed by atoms with Gasteiger partial charge < -0.3 is 5.73 Å². The SMILES string of the molecule is CCc1cc(-c2ncc(C3(N)CC3)s2)ccn1. The summed E-state index contributed by atoms with van der Waals surface area (Å²) in [5.74, 6) is 0. The summed E-state index contributed by atoms with van der Waals surface area (Å²) in [6.45, 7) is 2.11. The first kappa shape index (κ1) is 10.9. The van der Waals surface area contributed by atoms with Crippen LogP contribution in [0.15, 0.2) is 24.5 Å². The predicted molar refractivity (Wildman–Crippen MR) is 69.8 cm³/mol. The lowest BCUT2D eigenvalue weighted by Crippen LogP contribution is -2.16. The minimum atomic E-state index is -0.0729. The van der Waals surface area contributed by atoms with Gasteiger partial charge in [0.2, 0.25) is 0 Å². The van der Waals surface area contributed by atoms with Gasteiger partial charge in [-0.2, -0.15) is 0 Å². The molecule has 1 saturated carbocycles. The number of rotatable bonds is 3. The zero-order chi connectivity index (χ0) is 11.9. The molecule has 17 heavy (non-hydrogen) atoms. The summed E-state index contributed by atoms with van der Waals surface area (Å²) >= 11 is 1.71. The molecule has 0 bridgehead atoms. The lowest BCUT2D eigenvalue weighted by Gasteiger charge is -2.02. The van der Waals surface area contributed by atoms with Gasteiger partial charge in [-0.05, 0) is 31.4 Å². The van der Waals surface area contributed by atoms with Crippen LogP contribution in [0.25, 0.3) is 10.6 Å². The second-order valence-corrected chi connectivity index (χ2v) is 5.61. The van der Waals surface area contributed by atoms with E-state index in [1.165, 1.54) is 4.88 Å². The fraction of sp³-hybridized carbons (Fsp3) is 0.385. The van der Waals surface area contributed by atoms with Gasteiger partial charge >= 0.3 is 0 Å². The van der Waals surface area contributed by atoms with Gasteiger partial charge in [0.15, 0.2) is 0 Å². The molecule has 0 atom stereocenters. The predicted octanol–water partition coefficient (Wildman–Crippen LogP) is 2.72. The highest BCUT2D eigenvalue weighted by Gasteiger charge is 2.41. The van der Waals surface area contributed by atoms with Crippen LogP contribution in [-0.2, 0) is 12.0 Å². The fourth-order valence-electron chi connectivity index (χ4n) is 1.82. The van der Waals surface area contributed by atoms with Crippen LogP contribution in [0.1, 0.15) is 30.3 Å². The smallest absolute Gasteiger partial charge is 0.123 e. The van der Waals surface area contributed by atoms with Crippen molar-refractivity contribution in [2.24, 2.45) is 5.73 Å². The molecule has 4 heteroatoms. The Kier molecular flexibility index (Phi) is 2.49. The Balaban J connectivity index is 1.95. The molecule has 0 aliphatic heterocycles. The van der Waals surface area contributed by atoms with Gasteiger partial charge in [-0.15, -0.1) is 11.3 Å². The summed E-state index contributed by atoms with van der Waals surface area (Å²) < 4.78 is 0. The van der Waals surface area contributed by atoms with Crippen LogP contribution in [0, 0.1) is 0 Å². The van der Waals surface area contributed by atoms with E-state index in [1.807, 2.05) is 18.5 Å².